The van der Waals surface area contributed by atoms with Crippen molar-refractivity contribution in [2.45, 2.75) is 16.7 Å². The molecule has 1 atom stereocenters. The van der Waals surface area contributed by atoms with E-state index in [4.69, 9.17) is 23.2 Å². The average Bonchev–Trinajstić information content (AvgIpc) is 2.52. The van der Waals surface area contributed by atoms with Crippen LogP contribution in [0.4, 0.5) is 13.2 Å². The van der Waals surface area contributed by atoms with Gasteiger partial charge in [0.25, 0.3) is 0 Å². The van der Waals surface area contributed by atoms with Crippen molar-refractivity contribution in [2.24, 2.45) is 4.99 Å². The number of nitrogens with zero attached hydrogens (tertiary/aromatic N) is 2. The van der Waals surface area contributed by atoms with Crippen LogP contribution in [-0.2, 0) is 0 Å². The van der Waals surface area contributed by atoms with E-state index in [0.29, 0.717) is 0 Å². The molecule has 2 heterocycles. The molecule has 17 heavy (non-hydrogen) atoms. The van der Waals surface area contributed by atoms with Gasteiger partial charge in [-0.15, -0.1) is 0 Å². The van der Waals surface area contributed by atoms with Crippen molar-refractivity contribution in [3.05, 3.63) is 23.9 Å². The molecule has 3 nitrogen and oxygen atoms in total. The lowest BCUT2D eigenvalue weighted by atomic mass is 10.2. The van der Waals surface area contributed by atoms with E-state index in [0.717, 1.165) is 12.2 Å². The second-order valence-electron chi connectivity index (χ2n) is 3.69. The highest BCUT2D eigenvalue weighted by atomic mass is 35.5. The fourth-order valence-corrected chi connectivity index (χ4v) is 1.76. The molecule has 0 aromatic carbocycles. The lowest BCUT2D eigenvalue weighted by Gasteiger charge is -2.23. The van der Waals surface area contributed by atoms with E-state index in [-0.39, 0.29) is 12.4 Å². The third-order valence-electron chi connectivity index (χ3n) is 2.40. The molecule has 0 amide bonds. The van der Waals surface area contributed by atoms with Gasteiger partial charge in [-0.1, -0.05) is 23.2 Å². The van der Waals surface area contributed by atoms with Crippen molar-refractivity contribution in [1.82, 2.24) is 4.90 Å². The molecule has 0 saturated heterocycles. The molecule has 2 aliphatic rings. The molecule has 0 aromatic rings. The fraction of sp³-hybridized carbons (Fsp3) is 0.444. The molecule has 0 bridgehead atoms. The summed E-state index contributed by atoms with van der Waals surface area (Å²) in [6, 6.07) is 0. The molecule has 0 aliphatic carbocycles. The second kappa shape index (κ2) is 3.90. The minimum atomic E-state index is -4.45. The molecule has 2 aliphatic heterocycles. The first-order valence-electron chi connectivity index (χ1n) is 4.56. The van der Waals surface area contributed by atoms with Gasteiger partial charge in [0, 0.05) is 6.20 Å². The summed E-state index contributed by atoms with van der Waals surface area (Å²) in [4.78, 5) is 3.85. The molecular formula is C9H7Cl2F3N2O. The zero-order valence-electron chi connectivity index (χ0n) is 8.25. The summed E-state index contributed by atoms with van der Waals surface area (Å²) < 4.78 is 37.3. The molecule has 0 spiro atoms. The van der Waals surface area contributed by atoms with Crippen molar-refractivity contribution in [3.8, 4) is 0 Å². The van der Waals surface area contributed by atoms with E-state index in [1.165, 1.54) is 11.1 Å². The number of rotatable bonds is 1. The molecular weight excluding hydrogens is 280 g/mol. The van der Waals surface area contributed by atoms with E-state index in [1.807, 2.05) is 0 Å². The number of alkyl halides is 5. The minimum Gasteiger partial charge on any atom is -0.366 e. The number of hydrogen-bond donors (Lipinski definition) is 1. The Hall–Kier alpha value is -0.720. The molecule has 0 saturated carbocycles. The topological polar surface area (TPSA) is 35.8 Å². The van der Waals surface area contributed by atoms with E-state index < -0.39 is 22.3 Å². The molecule has 8 heteroatoms. The number of amidine groups is 1. The first-order valence-corrected chi connectivity index (χ1v) is 5.44. The van der Waals surface area contributed by atoms with Gasteiger partial charge in [0.05, 0.1) is 12.1 Å². The maximum Gasteiger partial charge on any atom is 0.416 e. The molecule has 1 unspecified atom stereocenters. The quantitative estimate of drug-likeness (QED) is 0.751. The van der Waals surface area contributed by atoms with Crippen LogP contribution in [0.3, 0.4) is 0 Å². The van der Waals surface area contributed by atoms with Crippen molar-refractivity contribution in [2.75, 3.05) is 6.54 Å². The van der Waals surface area contributed by atoms with Gasteiger partial charge in [0.15, 0.2) is 4.84 Å². The SMILES string of the molecule is OC1(C(Cl)Cl)CN2C=CC(C(F)(F)F)=CC2=N1. The summed E-state index contributed by atoms with van der Waals surface area (Å²) in [6.07, 6.45) is -1.51. The van der Waals surface area contributed by atoms with Crippen LogP contribution in [-0.4, -0.2) is 39.1 Å². The number of hydrogen-bond acceptors (Lipinski definition) is 3. The molecule has 1 N–H and O–H groups in total. The lowest BCUT2D eigenvalue weighted by molar-refractivity contribution is -0.0883. The summed E-state index contributed by atoms with van der Waals surface area (Å²) in [7, 11) is 0. The number of aliphatic hydroxyl groups is 1. The summed E-state index contributed by atoms with van der Waals surface area (Å²) >= 11 is 11.1. The number of aliphatic imine (C=N–C) groups is 1. The smallest absolute Gasteiger partial charge is 0.366 e. The van der Waals surface area contributed by atoms with Gasteiger partial charge in [-0.3, -0.25) is 0 Å². The first kappa shape index (κ1) is 12.7. The van der Waals surface area contributed by atoms with Crippen LogP contribution in [0.25, 0.3) is 0 Å². The number of halogens is 5. The Morgan fingerprint density at radius 3 is 2.65 bits per heavy atom. The third-order valence-corrected chi connectivity index (χ3v) is 3.10. The summed E-state index contributed by atoms with van der Waals surface area (Å²) in [5, 5.41) is 9.85. The summed E-state index contributed by atoms with van der Waals surface area (Å²) in [6.45, 7) is -0.0713. The number of allylic oxidation sites excluding steroid dienone is 2. The minimum absolute atomic E-state index is 0.00590. The fourth-order valence-electron chi connectivity index (χ4n) is 1.53. The van der Waals surface area contributed by atoms with Gasteiger partial charge < -0.3 is 10.0 Å². The van der Waals surface area contributed by atoms with Gasteiger partial charge in [-0.05, 0) is 12.2 Å². The highest BCUT2D eigenvalue weighted by molar-refractivity contribution is 6.45. The highest BCUT2D eigenvalue weighted by Gasteiger charge is 2.44. The van der Waals surface area contributed by atoms with Crippen LogP contribution in [0, 0.1) is 0 Å². The Morgan fingerprint density at radius 2 is 2.12 bits per heavy atom. The summed E-state index contributed by atoms with van der Waals surface area (Å²) in [5.41, 5.74) is -2.61. The van der Waals surface area contributed by atoms with E-state index in [2.05, 4.69) is 4.99 Å². The zero-order valence-corrected chi connectivity index (χ0v) is 9.76. The van der Waals surface area contributed by atoms with Crippen LogP contribution in [0.1, 0.15) is 0 Å². The molecule has 2 rings (SSSR count). The number of fused-ring (bicyclic) bond motifs is 1. The van der Waals surface area contributed by atoms with Crippen molar-refractivity contribution < 1.29 is 18.3 Å². The Bertz CT molecular complexity index is 430. The Kier molecular flexibility index (Phi) is 2.92. The Morgan fingerprint density at radius 1 is 1.47 bits per heavy atom. The van der Waals surface area contributed by atoms with Gasteiger partial charge in [0.2, 0.25) is 5.72 Å². The van der Waals surface area contributed by atoms with Crippen molar-refractivity contribution in [1.29, 1.82) is 0 Å². The van der Waals surface area contributed by atoms with Crippen LogP contribution in [0.15, 0.2) is 28.9 Å². The molecule has 0 fully saturated rings. The lowest BCUT2D eigenvalue weighted by Crippen LogP contribution is -2.39. The normalized spacial score (nSPS) is 28.3. The van der Waals surface area contributed by atoms with Crippen molar-refractivity contribution in [3.63, 3.8) is 0 Å². The van der Waals surface area contributed by atoms with Crippen LogP contribution >= 0.6 is 23.2 Å². The molecule has 94 valence electrons. The van der Waals surface area contributed by atoms with E-state index in [9.17, 15) is 18.3 Å². The third kappa shape index (κ3) is 2.29. The predicted molar refractivity (Wildman–Crippen MR) is 57.9 cm³/mol. The Balaban J connectivity index is 2.33. The van der Waals surface area contributed by atoms with Crippen LogP contribution < -0.4 is 0 Å². The van der Waals surface area contributed by atoms with Crippen LogP contribution in [0.2, 0.25) is 0 Å². The van der Waals surface area contributed by atoms with Crippen LogP contribution in [0.5, 0.6) is 0 Å². The van der Waals surface area contributed by atoms with E-state index in [1.54, 1.807) is 0 Å². The predicted octanol–water partition coefficient (Wildman–Crippen LogP) is 2.21. The molecule has 0 aromatic heterocycles. The standard InChI is InChI=1S/C9H7Cl2F3N2O/c10-7(11)8(17)4-16-2-1-5(9(12,13)14)3-6(16)15-8/h1-3,7,17H,4H2. The van der Waals surface area contributed by atoms with Gasteiger partial charge in [-0.25, -0.2) is 4.99 Å². The van der Waals surface area contributed by atoms with E-state index >= 15 is 0 Å². The van der Waals surface area contributed by atoms with Gasteiger partial charge in [-0.2, -0.15) is 13.2 Å². The second-order valence-corrected chi connectivity index (χ2v) is 4.79. The summed E-state index contributed by atoms with van der Waals surface area (Å²) in [5.74, 6) is -0.00590. The maximum absolute atomic E-state index is 12.4. The van der Waals surface area contributed by atoms with Gasteiger partial charge >= 0.3 is 6.18 Å². The monoisotopic (exact) mass is 286 g/mol. The highest BCUT2D eigenvalue weighted by Crippen LogP contribution is 2.34. The molecule has 0 radical (unpaired) electrons. The van der Waals surface area contributed by atoms with Gasteiger partial charge in [0.1, 0.15) is 5.84 Å². The Labute approximate surface area is 105 Å². The zero-order chi connectivity index (χ0) is 12.8. The maximum atomic E-state index is 12.4. The first-order chi connectivity index (χ1) is 7.72. The largest absolute Gasteiger partial charge is 0.416 e. The average molecular weight is 287 g/mol. The van der Waals surface area contributed by atoms with Crippen molar-refractivity contribution >= 4 is 29.0 Å².